The first-order chi connectivity index (χ1) is 10.2. The number of hydrogen-bond acceptors (Lipinski definition) is 2. The van der Waals surface area contributed by atoms with Crippen molar-refractivity contribution in [1.82, 2.24) is 10.2 Å². The van der Waals surface area contributed by atoms with Crippen LogP contribution >= 0.6 is 0 Å². The lowest BCUT2D eigenvalue weighted by atomic mass is 9.83. The second kappa shape index (κ2) is 7.95. The molecule has 1 fully saturated rings. The summed E-state index contributed by atoms with van der Waals surface area (Å²) in [5.41, 5.74) is 1.83. The average Bonchev–Trinajstić information content (AvgIpc) is 2.99. The maximum absolute atomic E-state index is 3.86. The van der Waals surface area contributed by atoms with Gasteiger partial charge in [-0.25, -0.2) is 0 Å². The molecule has 0 amide bonds. The van der Waals surface area contributed by atoms with Gasteiger partial charge in [0, 0.05) is 11.6 Å². The topological polar surface area (TPSA) is 15.3 Å². The van der Waals surface area contributed by atoms with Crippen molar-refractivity contribution < 1.29 is 0 Å². The molecule has 118 valence electrons. The number of nitrogens with one attached hydrogen (secondary N) is 1. The summed E-state index contributed by atoms with van der Waals surface area (Å²) in [6, 6.07) is 11.5. The lowest BCUT2D eigenvalue weighted by Gasteiger charge is -2.44. The fourth-order valence-electron chi connectivity index (χ4n) is 3.93. The van der Waals surface area contributed by atoms with Gasteiger partial charge in [0.05, 0.1) is 0 Å². The zero-order valence-electron chi connectivity index (χ0n) is 14.1. The van der Waals surface area contributed by atoms with Gasteiger partial charge in [0.15, 0.2) is 0 Å². The molecule has 0 heterocycles. The van der Waals surface area contributed by atoms with E-state index in [-0.39, 0.29) is 0 Å². The van der Waals surface area contributed by atoms with Crippen LogP contribution in [0.5, 0.6) is 0 Å². The highest BCUT2D eigenvalue weighted by Gasteiger charge is 2.42. The van der Waals surface area contributed by atoms with Crippen LogP contribution in [0.4, 0.5) is 0 Å². The highest BCUT2D eigenvalue weighted by Crippen LogP contribution is 2.38. The Bertz CT molecular complexity index is 393. The number of nitrogens with zero attached hydrogens (tertiary/aromatic N) is 1. The third kappa shape index (κ3) is 4.08. The van der Waals surface area contributed by atoms with Crippen molar-refractivity contribution in [1.29, 1.82) is 0 Å². The van der Waals surface area contributed by atoms with E-state index in [0.29, 0.717) is 11.6 Å². The van der Waals surface area contributed by atoms with Crippen LogP contribution in [0, 0.1) is 0 Å². The van der Waals surface area contributed by atoms with Gasteiger partial charge in [0.25, 0.3) is 0 Å². The molecule has 0 aromatic heterocycles. The zero-order valence-corrected chi connectivity index (χ0v) is 14.1. The quantitative estimate of drug-likeness (QED) is 0.781. The Hall–Kier alpha value is -0.860. The molecule has 1 aromatic carbocycles. The van der Waals surface area contributed by atoms with Crippen molar-refractivity contribution in [3.63, 3.8) is 0 Å². The molecular formula is C19H32N2. The molecule has 1 saturated carbocycles. The number of rotatable bonds is 8. The van der Waals surface area contributed by atoms with Crippen LogP contribution in [0.3, 0.4) is 0 Å². The molecule has 0 spiro atoms. The molecule has 0 aliphatic heterocycles. The second-order valence-electron chi connectivity index (χ2n) is 6.74. The third-order valence-corrected chi connectivity index (χ3v) is 5.21. The van der Waals surface area contributed by atoms with E-state index in [2.05, 4.69) is 61.6 Å². The number of aryl methyl sites for hydroxylation is 1. The fraction of sp³-hybridized carbons (Fsp3) is 0.684. The summed E-state index contributed by atoms with van der Waals surface area (Å²) >= 11 is 0. The summed E-state index contributed by atoms with van der Waals surface area (Å²) in [4.78, 5) is 2.50. The first kappa shape index (κ1) is 16.5. The molecule has 1 unspecified atom stereocenters. The van der Waals surface area contributed by atoms with Crippen molar-refractivity contribution in [2.45, 2.75) is 63.5 Å². The molecule has 1 aromatic rings. The Kier molecular flexibility index (Phi) is 6.25. The first-order valence-electron chi connectivity index (χ1n) is 8.64. The summed E-state index contributed by atoms with van der Waals surface area (Å²) in [6.45, 7) is 3.40. The summed E-state index contributed by atoms with van der Waals surface area (Å²) in [5.74, 6) is 0. The van der Waals surface area contributed by atoms with E-state index in [9.17, 15) is 0 Å². The molecular weight excluding hydrogens is 256 g/mol. The largest absolute Gasteiger partial charge is 0.312 e. The fourth-order valence-corrected chi connectivity index (χ4v) is 3.93. The monoisotopic (exact) mass is 288 g/mol. The van der Waals surface area contributed by atoms with E-state index >= 15 is 0 Å². The molecule has 0 bridgehead atoms. The van der Waals surface area contributed by atoms with E-state index in [1.807, 2.05) is 0 Å². The van der Waals surface area contributed by atoms with Crippen molar-refractivity contribution in [3.8, 4) is 0 Å². The third-order valence-electron chi connectivity index (χ3n) is 5.21. The van der Waals surface area contributed by atoms with Gasteiger partial charge in [-0.05, 0) is 58.3 Å². The van der Waals surface area contributed by atoms with Crippen LogP contribution in [0.1, 0.15) is 51.0 Å². The highest BCUT2D eigenvalue weighted by atomic mass is 15.2. The lowest BCUT2D eigenvalue weighted by Crippen LogP contribution is -2.57. The van der Waals surface area contributed by atoms with Crippen LogP contribution in [0.2, 0.25) is 0 Å². The summed E-state index contributed by atoms with van der Waals surface area (Å²) in [6.07, 6.45) is 9.08. The van der Waals surface area contributed by atoms with Gasteiger partial charge in [-0.1, -0.05) is 50.1 Å². The van der Waals surface area contributed by atoms with Crippen LogP contribution < -0.4 is 5.32 Å². The second-order valence-corrected chi connectivity index (χ2v) is 6.74. The Morgan fingerprint density at radius 1 is 1.14 bits per heavy atom. The van der Waals surface area contributed by atoms with E-state index in [1.54, 1.807) is 0 Å². The van der Waals surface area contributed by atoms with Gasteiger partial charge in [0.1, 0.15) is 0 Å². The molecule has 1 atom stereocenters. The summed E-state index contributed by atoms with van der Waals surface area (Å²) in [7, 11) is 4.54. The number of likely N-dealkylation sites (N-methyl/N-ethyl adjacent to an activating group) is 1. The van der Waals surface area contributed by atoms with Gasteiger partial charge in [0.2, 0.25) is 0 Å². The van der Waals surface area contributed by atoms with Crippen LogP contribution in [0.15, 0.2) is 30.3 Å². The maximum Gasteiger partial charge on any atom is 0.0356 e. The van der Waals surface area contributed by atoms with Gasteiger partial charge < -0.3 is 10.2 Å². The van der Waals surface area contributed by atoms with Crippen LogP contribution in [-0.2, 0) is 6.42 Å². The molecule has 2 nitrogen and oxygen atoms in total. The molecule has 0 radical (unpaired) electrons. The Labute approximate surface area is 130 Å². The number of hydrogen-bond donors (Lipinski definition) is 1. The zero-order chi connectivity index (χ0) is 15.1. The highest BCUT2D eigenvalue weighted by molar-refractivity contribution is 5.15. The van der Waals surface area contributed by atoms with Crippen LogP contribution in [0.25, 0.3) is 0 Å². The van der Waals surface area contributed by atoms with Gasteiger partial charge in [-0.3, -0.25) is 0 Å². The maximum atomic E-state index is 3.86. The lowest BCUT2D eigenvalue weighted by molar-refractivity contribution is 0.1000. The predicted molar refractivity (Wildman–Crippen MR) is 91.7 cm³/mol. The van der Waals surface area contributed by atoms with E-state index < -0.39 is 0 Å². The minimum atomic E-state index is 0.365. The van der Waals surface area contributed by atoms with Gasteiger partial charge in [-0.2, -0.15) is 0 Å². The van der Waals surface area contributed by atoms with Crippen molar-refractivity contribution in [2.75, 3.05) is 20.6 Å². The molecule has 2 rings (SSSR count). The molecule has 21 heavy (non-hydrogen) atoms. The minimum absolute atomic E-state index is 0.365. The Morgan fingerprint density at radius 3 is 2.38 bits per heavy atom. The van der Waals surface area contributed by atoms with E-state index in [4.69, 9.17) is 0 Å². The Morgan fingerprint density at radius 2 is 1.81 bits per heavy atom. The molecule has 1 aliphatic rings. The van der Waals surface area contributed by atoms with Crippen molar-refractivity contribution >= 4 is 0 Å². The average molecular weight is 288 g/mol. The van der Waals surface area contributed by atoms with Crippen LogP contribution in [-0.4, -0.2) is 37.1 Å². The molecule has 1 aliphatic carbocycles. The van der Waals surface area contributed by atoms with Crippen molar-refractivity contribution in [2.24, 2.45) is 0 Å². The van der Waals surface area contributed by atoms with Crippen molar-refractivity contribution in [3.05, 3.63) is 35.9 Å². The predicted octanol–water partition coefficient (Wildman–Crippen LogP) is 3.86. The standard InChI is InChI=1S/C19H32N2/c1-4-16-20-18(13-12-17-10-6-5-7-11-17)19(21(2)3)14-8-9-15-19/h5-7,10-11,18,20H,4,8-9,12-16H2,1-3H3. The molecule has 1 N–H and O–H groups in total. The summed E-state index contributed by atoms with van der Waals surface area (Å²) < 4.78 is 0. The number of benzene rings is 1. The van der Waals surface area contributed by atoms with Gasteiger partial charge in [-0.15, -0.1) is 0 Å². The first-order valence-corrected chi connectivity index (χ1v) is 8.64. The molecule has 0 saturated heterocycles. The SMILES string of the molecule is CCCNC(CCc1ccccc1)C1(N(C)C)CCCC1. The van der Waals surface area contributed by atoms with E-state index in [1.165, 1.54) is 50.5 Å². The molecule has 2 heteroatoms. The normalized spacial score (nSPS) is 19.0. The summed E-state index contributed by atoms with van der Waals surface area (Å²) in [5, 5.41) is 3.86. The van der Waals surface area contributed by atoms with Gasteiger partial charge >= 0.3 is 0 Å². The minimum Gasteiger partial charge on any atom is -0.312 e. The smallest absolute Gasteiger partial charge is 0.0356 e. The van der Waals surface area contributed by atoms with E-state index in [0.717, 1.165) is 6.54 Å². The Balaban J connectivity index is 2.06.